The van der Waals surface area contributed by atoms with E-state index >= 15 is 0 Å². The molecule has 0 N–H and O–H groups in total. The lowest BCUT2D eigenvalue weighted by molar-refractivity contribution is 0.0504. The Labute approximate surface area is 211 Å². The average Bonchev–Trinajstić information content (AvgIpc) is 3.38. The molecule has 1 aliphatic rings. The van der Waals surface area contributed by atoms with Crippen LogP contribution >= 0.6 is 0 Å². The Morgan fingerprint density at radius 2 is 1.59 bits per heavy atom. The lowest BCUT2D eigenvalue weighted by atomic mass is 10.2. The summed E-state index contributed by atoms with van der Waals surface area (Å²) in [6.45, 7) is 3.95. The van der Waals surface area contributed by atoms with Crippen molar-refractivity contribution in [3.05, 3.63) is 87.8 Å². The van der Waals surface area contributed by atoms with Crippen LogP contribution in [-0.2, 0) is 4.74 Å². The van der Waals surface area contributed by atoms with Crippen molar-refractivity contribution in [2.24, 2.45) is 0 Å². The van der Waals surface area contributed by atoms with Gasteiger partial charge in [-0.05, 0) is 67.9 Å². The zero-order chi connectivity index (χ0) is 25.9. The SMILES string of the molecule is CCCOC(=O)c1ccc(Oc2c(C)oc3cc(OC(=O)c4ccc5c(c4)OCO5)ccc3c2=O)cc1. The standard InChI is InChI=1S/C28H22O9/c1-3-12-32-27(30)17-4-7-19(8-5-17)36-26-16(2)35-23-14-20(9-10-21(23)25(26)29)37-28(31)18-6-11-22-24(13-18)34-15-33-22/h4-11,13-14H,3,12,15H2,1-2H3. The summed E-state index contributed by atoms with van der Waals surface area (Å²) in [5, 5.41) is 0.253. The molecule has 0 atom stereocenters. The molecule has 0 saturated carbocycles. The van der Waals surface area contributed by atoms with Gasteiger partial charge in [0, 0.05) is 6.07 Å². The fourth-order valence-corrected chi connectivity index (χ4v) is 3.69. The zero-order valence-corrected chi connectivity index (χ0v) is 20.1. The maximum Gasteiger partial charge on any atom is 0.343 e. The van der Waals surface area contributed by atoms with Crippen LogP contribution in [0.15, 0.2) is 69.9 Å². The highest BCUT2D eigenvalue weighted by Gasteiger charge is 2.19. The van der Waals surface area contributed by atoms with Crippen molar-refractivity contribution in [3.8, 4) is 28.7 Å². The molecule has 9 heteroatoms. The molecule has 0 fully saturated rings. The van der Waals surface area contributed by atoms with E-state index < -0.39 is 11.9 Å². The minimum absolute atomic E-state index is 0.0129. The lowest BCUT2D eigenvalue weighted by Gasteiger charge is -2.10. The minimum Gasteiger partial charge on any atom is -0.462 e. The molecule has 3 aromatic carbocycles. The van der Waals surface area contributed by atoms with Crippen molar-refractivity contribution in [1.82, 2.24) is 0 Å². The Morgan fingerprint density at radius 1 is 0.865 bits per heavy atom. The molecular weight excluding hydrogens is 480 g/mol. The van der Waals surface area contributed by atoms with Crippen LogP contribution in [0.5, 0.6) is 28.7 Å². The molecule has 4 aromatic rings. The van der Waals surface area contributed by atoms with Crippen molar-refractivity contribution >= 4 is 22.9 Å². The first kappa shape index (κ1) is 23.9. The molecule has 37 heavy (non-hydrogen) atoms. The molecule has 188 valence electrons. The van der Waals surface area contributed by atoms with E-state index in [1.54, 1.807) is 49.4 Å². The normalized spacial score (nSPS) is 11.8. The van der Waals surface area contributed by atoms with Crippen LogP contribution in [0.4, 0.5) is 0 Å². The average molecular weight is 502 g/mol. The van der Waals surface area contributed by atoms with Crippen LogP contribution in [0.1, 0.15) is 39.8 Å². The molecule has 0 spiro atoms. The van der Waals surface area contributed by atoms with Gasteiger partial charge in [-0.3, -0.25) is 4.79 Å². The number of carbonyl (C=O) groups is 2. The van der Waals surface area contributed by atoms with E-state index in [1.807, 2.05) is 6.92 Å². The van der Waals surface area contributed by atoms with Gasteiger partial charge in [-0.1, -0.05) is 6.92 Å². The van der Waals surface area contributed by atoms with E-state index in [0.717, 1.165) is 6.42 Å². The molecule has 0 radical (unpaired) electrons. The summed E-state index contributed by atoms with van der Waals surface area (Å²) in [6.07, 6.45) is 0.730. The first-order valence-electron chi connectivity index (χ1n) is 11.6. The third kappa shape index (κ3) is 4.97. The van der Waals surface area contributed by atoms with Gasteiger partial charge >= 0.3 is 11.9 Å². The second-order valence-electron chi connectivity index (χ2n) is 8.19. The predicted octanol–water partition coefficient (Wildman–Crippen LogP) is 5.41. The van der Waals surface area contributed by atoms with Crippen molar-refractivity contribution < 1.29 is 37.7 Å². The summed E-state index contributed by atoms with van der Waals surface area (Å²) in [4.78, 5) is 37.7. The number of hydrogen-bond acceptors (Lipinski definition) is 9. The van der Waals surface area contributed by atoms with Crippen molar-refractivity contribution in [3.63, 3.8) is 0 Å². The summed E-state index contributed by atoms with van der Waals surface area (Å²) >= 11 is 0. The van der Waals surface area contributed by atoms with E-state index in [0.29, 0.717) is 29.4 Å². The Bertz CT molecular complexity index is 1550. The maximum absolute atomic E-state index is 13.1. The quantitative estimate of drug-likeness (QED) is 0.242. The summed E-state index contributed by atoms with van der Waals surface area (Å²) in [6, 6.07) is 15.5. The second-order valence-corrected chi connectivity index (χ2v) is 8.19. The fourth-order valence-electron chi connectivity index (χ4n) is 3.69. The molecule has 0 aliphatic carbocycles. The van der Waals surface area contributed by atoms with Crippen molar-refractivity contribution in [2.75, 3.05) is 13.4 Å². The van der Waals surface area contributed by atoms with Crippen LogP contribution in [0.25, 0.3) is 11.0 Å². The molecule has 0 bridgehead atoms. The number of esters is 2. The first-order chi connectivity index (χ1) is 17.9. The van der Waals surface area contributed by atoms with Crippen LogP contribution in [0, 0.1) is 6.92 Å². The Morgan fingerprint density at radius 3 is 2.38 bits per heavy atom. The van der Waals surface area contributed by atoms with Gasteiger partial charge in [0.15, 0.2) is 11.5 Å². The third-order valence-corrected chi connectivity index (χ3v) is 5.55. The number of hydrogen-bond donors (Lipinski definition) is 0. The molecule has 2 heterocycles. The summed E-state index contributed by atoms with van der Waals surface area (Å²) < 4.78 is 32.7. The molecule has 0 unspecified atom stereocenters. The summed E-state index contributed by atoms with van der Waals surface area (Å²) in [7, 11) is 0. The molecule has 1 aliphatic heterocycles. The van der Waals surface area contributed by atoms with Gasteiger partial charge in [0.1, 0.15) is 22.8 Å². The van der Waals surface area contributed by atoms with E-state index in [2.05, 4.69) is 0 Å². The highest BCUT2D eigenvalue weighted by Crippen LogP contribution is 2.33. The van der Waals surface area contributed by atoms with E-state index in [4.69, 9.17) is 28.1 Å². The fraction of sp³-hybridized carbons (Fsp3) is 0.179. The highest BCUT2D eigenvalue weighted by atomic mass is 16.7. The van der Waals surface area contributed by atoms with Gasteiger partial charge in [-0.15, -0.1) is 0 Å². The predicted molar refractivity (Wildman–Crippen MR) is 132 cm³/mol. The van der Waals surface area contributed by atoms with Crippen LogP contribution in [-0.4, -0.2) is 25.3 Å². The van der Waals surface area contributed by atoms with Crippen molar-refractivity contribution in [2.45, 2.75) is 20.3 Å². The van der Waals surface area contributed by atoms with E-state index in [9.17, 15) is 14.4 Å². The number of fused-ring (bicyclic) bond motifs is 2. The van der Waals surface area contributed by atoms with Gasteiger partial charge < -0.3 is 28.1 Å². The lowest BCUT2D eigenvalue weighted by Crippen LogP contribution is -2.10. The second kappa shape index (κ2) is 10.1. The van der Waals surface area contributed by atoms with Gasteiger partial charge in [-0.25, -0.2) is 9.59 Å². The number of carbonyl (C=O) groups excluding carboxylic acids is 2. The molecule has 0 amide bonds. The van der Waals surface area contributed by atoms with Crippen LogP contribution < -0.4 is 24.4 Å². The largest absolute Gasteiger partial charge is 0.462 e. The molecule has 1 aromatic heterocycles. The topological polar surface area (TPSA) is 110 Å². The van der Waals surface area contributed by atoms with Gasteiger partial charge in [-0.2, -0.15) is 0 Å². The molecule has 5 rings (SSSR count). The minimum atomic E-state index is -0.598. The Balaban J connectivity index is 1.34. The van der Waals surface area contributed by atoms with Crippen LogP contribution in [0.2, 0.25) is 0 Å². The Hall–Kier alpha value is -4.79. The summed E-state index contributed by atoms with van der Waals surface area (Å²) in [5.41, 5.74) is 0.514. The van der Waals surface area contributed by atoms with Gasteiger partial charge in [0.05, 0.1) is 23.1 Å². The maximum atomic E-state index is 13.1. The van der Waals surface area contributed by atoms with E-state index in [1.165, 1.54) is 18.2 Å². The first-order valence-corrected chi connectivity index (χ1v) is 11.6. The smallest absolute Gasteiger partial charge is 0.343 e. The zero-order valence-electron chi connectivity index (χ0n) is 20.1. The number of aryl methyl sites for hydroxylation is 1. The van der Waals surface area contributed by atoms with E-state index in [-0.39, 0.29) is 46.0 Å². The third-order valence-electron chi connectivity index (χ3n) is 5.55. The van der Waals surface area contributed by atoms with Crippen molar-refractivity contribution in [1.29, 1.82) is 0 Å². The number of ether oxygens (including phenoxy) is 5. The Kier molecular flexibility index (Phi) is 6.51. The van der Waals surface area contributed by atoms with Gasteiger partial charge in [0.2, 0.25) is 18.0 Å². The summed E-state index contributed by atoms with van der Waals surface area (Å²) in [5.74, 6) is 0.815. The molecule has 9 nitrogen and oxygen atoms in total. The molecule has 0 saturated heterocycles. The highest BCUT2D eigenvalue weighted by molar-refractivity contribution is 5.92. The number of benzene rings is 3. The monoisotopic (exact) mass is 502 g/mol. The van der Waals surface area contributed by atoms with Crippen LogP contribution in [0.3, 0.4) is 0 Å². The number of rotatable bonds is 7. The molecular formula is C28H22O9. The van der Waals surface area contributed by atoms with Gasteiger partial charge in [0.25, 0.3) is 0 Å².